The molecule has 2 atom stereocenters. The molecule has 0 aliphatic carbocycles. The molecule has 2 aliphatic rings. The second-order valence-corrected chi connectivity index (χ2v) is 9.19. The van der Waals surface area contributed by atoms with E-state index in [-0.39, 0.29) is 17.9 Å². The maximum absolute atomic E-state index is 13.7. The van der Waals surface area contributed by atoms with Gasteiger partial charge in [0, 0.05) is 25.3 Å². The van der Waals surface area contributed by atoms with E-state index in [2.05, 4.69) is 5.32 Å². The molecule has 7 heteroatoms. The number of carbonyl (C=O) groups excluding carboxylic acids is 2. The maximum atomic E-state index is 13.7. The molecule has 2 aliphatic heterocycles. The number of nitrogens with zero attached hydrogens (tertiary/aromatic N) is 1. The molecule has 7 nitrogen and oxygen atoms in total. The molecule has 0 bridgehead atoms. The summed E-state index contributed by atoms with van der Waals surface area (Å²) in [5, 5.41) is 3.10. The van der Waals surface area contributed by atoms with Gasteiger partial charge in [-0.05, 0) is 75.4 Å². The molecule has 35 heavy (non-hydrogen) atoms. The van der Waals surface area contributed by atoms with Gasteiger partial charge in [0.1, 0.15) is 0 Å². The highest BCUT2D eigenvalue weighted by molar-refractivity contribution is 6.01. The molecule has 2 aromatic rings. The molecule has 0 aromatic heterocycles. The van der Waals surface area contributed by atoms with E-state index in [0.717, 1.165) is 23.1 Å². The van der Waals surface area contributed by atoms with E-state index >= 15 is 0 Å². The Kier molecular flexibility index (Phi) is 7.96. The van der Waals surface area contributed by atoms with Crippen molar-refractivity contribution in [2.24, 2.45) is 0 Å². The van der Waals surface area contributed by atoms with Crippen LogP contribution < -0.4 is 14.8 Å². The summed E-state index contributed by atoms with van der Waals surface area (Å²) < 4.78 is 17.3. The van der Waals surface area contributed by atoms with Crippen molar-refractivity contribution in [1.82, 2.24) is 10.2 Å². The Balaban J connectivity index is 1.71. The van der Waals surface area contributed by atoms with Gasteiger partial charge in [0.25, 0.3) is 5.91 Å². The van der Waals surface area contributed by atoms with Gasteiger partial charge in [-0.1, -0.05) is 18.2 Å². The summed E-state index contributed by atoms with van der Waals surface area (Å²) in [6.07, 6.45) is 1.59. The highest BCUT2D eigenvalue weighted by Crippen LogP contribution is 2.48. The first kappa shape index (κ1) is 25.0. The molecule has 0 spiro atoms. The standard InChI is InChI=1S/C28H36N2O5/c1-5-33-23-16-19-12-14-30-26(22(19)17-24(23)34-6-2)25(20-10-7-8-11-21(20)28(30)32)27(31)29-13-9-15-35-18(3)4/h7-8,10-11,16-18,25-26H,5-6,9,12-15H2,1-4H3,(H,29,31)/t25-,26-/m0/s1. The SMILES string of the molecule is CCOc1cc2c(cc1OCC)[C@H]1[C@@H](C(=O)NCCCOC(C)C)c3ccccc3C(=O)N1CC2. The lowest BCUT2D eigenvalue weighted by Gasteiger charge is -2.45. The van der Waals surface area contributed by atoms with Crippen LogP contribution >= 0.6 is 0 Å². The third kappa shape index (κ3) is 5.15. The zero-order chi connectivity index (χ0) is 24.9. The summed E-state index contributed by atoms with van der Waals surface area (Å²) in [5.74, 6) is 0.726. The lowest BCUT2D eigenvalue weighted by atomic mass is 9.75. The summed E-state index contributed by atoms with van der Waals surface area (Å²) in [6, 6.07) is 11.1. The van der Waals surface area contributed by atoms with Crippen LogP contribution in [0.3, 0.4) is 0 Å². The maximum Gasteiger partial charge on any atom is 0.254 e. The Bertz CT molecular complexity index is 1070. The predicted octanol–water partition coefficient (Wildman–Crippen LogP) is 4.25. The van der Waals surface area contributed by atoms with E-state index in [9.17, 15) is 9.59 Å². The van der Waals surface area contributed by atoms with Gasteiger partial charge < -0.3 is 24.4 Å². The van der Waals surface area contributed by atoms with Crippen molar-refractivity contribution in [2.75, 3.05) is 32.9 Å². The minimum Gasteiger partial charge on any atom is -0.490 e. The van der Waals surface area contributed by atoms with Crippen molar-refractivity contribution in [3.05, 3.63) is 58.7 Å². The Labute approximate surface area is 207 Å². The molecule has 0 saturated carbocycles. The highest BCUT2D eigenvalue weighted by atomic mass is 16.5. The summed E-state index contributed by atoms with van der Waals surface area (Å²) in [6.45, 7) is 10.6. The first-order valence-electron chi connectivity index (χ1n) is 12.7. The molecule has 0 saturated heterocycles. The van der Waals surface area contributed by atoms with E-state index in [1.807, 2.05) is 69.0 Å². The van der Waals surface area contributed by atoms with Gasteiger partial charge in [-0.25, -0.2) is 0 Å². The first-order valence-corrected chi connectivity index (χ1v) is 12.7. The van der Waals surface area contributed by atoms with Gasteiger partial charge in [0.2, 0.25) is 5.91 Å². The van der Waals surface area contributed by atoms with Crippen molar-refractivity contribution in [3.63, 3.8) is 0 Å². The molecule has 0 radical (unpaired) electrons. The number of carbonyl (C=O) groups is 2. The normalized spacial score (nSPS) is 18.5. The Morgan fingerprint density at radius 3 is 2.51 bits per heavy atom. The molecular weight excluding hydrogens is 444 g/mol. The highest BCUT2D eigenvalue weighted by Gasteiger charge is 2.46. The minimum atomic E-state index is -0.513. The average molecular weight is 481 g/mol. The third-order valence-corrected chi connectivity index (χ3v) is 6.54. The number of nitrogens with one attached hydrogen (secondary N) is 1. The molecule has 4 rings (SSSR count). The van der Waals surface area contributed by atoms with E-state index < -0.39 is 12.0 Å². The minimum absolute atomic E-state index is 0.0301. The van der Waals surface area contributed by atoms with Crippen LogP contribution in [0.5, 0.6) is 11.5 Å². The quantitative estimate of drug-likeness (QED) is 0.515. The second kappa shape index (κ2) is 11.1. The Morgan fingerprint density at radius 1 is 1.09 bits per heavy atom. The number of fused-ring (bicyclic) bond motifs is 4. The van der Waals surface area contributed by atoms with Gasteiger partial charge in [-0.15, -0.1) is 0 Å². The lowest BCUT2D eigenvalue weighted by molar-refractivity contribution is -0.124. The molecule has 0 unspecified atom stereocenters. The Morgan fingerprint density at radius 2 is 1.80 bits per heavy atom. The van der Waals surface area contributed by atoms with Crippen LogP contribution in [-0.2, 0) is 16.0 Å². The van der Waals surface area contributed by atoms with Crippen LogP contribution in [0, 0.1) is 0 Å². The van der Waals surface area contributed by atoms with Gasteiger partial charge in [-0.2, -0.15) is 0 Å². The Hall–Kier alpha value is -3.06. The summed E-state index contributed by atoms with van der Waals surface area (Å²) >= 11 is 0. The zero-order valence-corrected chi connectivity index (χ0v) is 21.1. The van der Waals surface area contributed by atoms with Crippen LogP contribution in [0.1, 0.15) is 73.1 Å². The first-order chi connectivity index (χ1) is 17.0. The second-order valence-electron chi connectivity index (χ2n) is 9.19. The van der Waals surface area contributed by atoms with Crippen LogP contribution in [0.15, 0.2) is 36.4 Å². The van der Waals surface area contributed by atoms with Crippen LogP contribution in [0.4, 0.5) is 0 Å². The largest absolute Gasteiger partial charge is 0.490 e. The third-order valence-electron chi connectivity index (χ3n) is 6.54. The number of rotatable bonds is 10. The van der Waals surface area contributed by atoms with Crippen molar-refractivity contribution in [1.29, 1.82) is 0 Å². The van der Waals surface area contributed by atoms with Crippen molar-refractivity contribution in [2.45, 2.75) is 58.6 Å². The van der Waals surface area contributed by atoms with Crippen LogP contribution in [0.25, 0.3) is 0 Å². The zero-order valence-electron chi connectivity index (χ0n) is 21.1. The number of benzene rings is 2. The van der Waals surface area contributed by atoms with E-state index in [4.69, 9.17) is 14.2 Å². The van der Waals surface area contributed by atoms with E-state index in [1.54, 1.807) is 0 Å². The summed E-state index contributed by atoms with van der Waals surface area (Å²) in [7, 11) is 0. The number of amides is 2. The van der Waals surface area contributed by atoms with Gasteiger partial charge in [0.05, 0.1) is 31.3 Å². The molecule has 1 N–H and O–H groups in total. The summed E-state index contributed by atoms with van der Waals surface area (Å²) in [5.41, 5.74) is 3.42. The van der Waals surface area contributed by atoms with E-state index in [0.29, 0.717) is 56.4 Å². The van der Waals surface area contributed by atoms with Crippen LogP contribution in [-0.4, -0.2) is 55.7 Å². The van der Waals surface area contributed by atoms with Crippen molar-refractivity contribution >= 4 is 11.8 Å². The molecule has 2 heterocycles. The fraction of sp³-hybridized carbons (Fsp3) is 0.500. The fourth-order valence-electron chi connectivity index (χ4n) is 5.07. The van der Waals surface area contributed by atoms with Crippen molar-refractivity contribution < 1.29 is 23.8 Å². The topological polar surface area (TPSA) is 77.1 Å². The molecule has 2 aromatic carbocycles. The van der Waals surface area contributed by atoms with Gasteiger partial charge >= 0.3 is 0 Å². The number of hydrogen-bond acceptors (Lipinski definition) is 5. The van der Waals surface area contributed by atoms with E-state index in [1.165, 1.54) is 0 Å². The van der Waals surface area contributed by atoms with Crippen molar-refractivity contribution in [3.8, 4) is 11.5 Å². The molecule has 2 amide bonds. The fourth-order valence-corrected chi connectivity index (χ4v) is 5.07. The van der Waals surface area contributed by atoms with Crippen LogP contribution in [0.2, 0.25) is 0 Å². The molecule has 0 fully saturated rings. The van der Waals surface area contributed by atoms with Gasteiger partial charge in [-0.3, -0.25) is 9.59 Å². The number of ether oxygens (including phenoxy) is 3. The lowest BCUT2D eigenvalue weighted by Crippen LogP contribution is -2.50. The molecular formula is C28H36N2O5. The summed E-state index contributed by atoms with van der Waals surface area (Å²) in [4.78, 5) is 29.0. The van der Waals surface area contributed by atoms with Gasteiger partial charge in [0.15, 0.2) is 11.5 Å². The smallest absolute Gasteiger partial charge is 0.254 e. The average Bonchev–Trinajstić information content (AvgIpc) is 2.84. The molecule has 188 valence electrons. The predicted molar refractivity (Wildman–Crippen MR) is 134 cm³/mol. The monoisotopic (exact) mass is 480 g/mol. The number of hydrogen-bond donors (Lipinski definition) is 1.